The number of phenols is 1. The molecule has 4 amide bonds. The molecule has 232 valence electrons. The molecular formula is C34H41N5O5. The standard InChI is InChI=1S/C34H41N5O5/c35-27(21-25-16-18-26(40)19-17-25)34(44)39-20-8-15-30(39)33(43)38-29(22-24-11-5-2-6-12-24)32(42)37-28(31(36)41)14-7-13-23-9-3-1-4-10-23/h1-6,9-12,16-19,27-30,40H,7-8,13-15,20-22,35H2,(H2,36,41)(H,37,42)(H,38,43)/t27-,28?,29-,30-/m0/s1. The molecule has 1 unspecified atom stereocenters. The van der Waals surface area contributed by atoms with Crippen molar-refractivity contribution < 1.29 is 24.3 Å². The summed E-state index contributed by atoms with van der Waals surface area (Å²) >= 11 is 0. The highest BCUT2D eigenvalue weighted by Crippen LogP contribution is 2.20. The van der Waals surface area contributed by atoms with Crippen LogP contribution in [0.15, 0.2) is 84.9 Å². The summed E-state index contributed by atoms with van der Waals surface area (Å²) in [6, 6.07) is 22.0. The number of carbonyl (C=O) groups excluding carboxylic acids is 4. The van der Waals surface area contributed by atoms with E-state index >= 15 is 0 Å². The van der Waals surface area contributed by atoms with Crippen LogP contribution in [0.5, 0.6) is 5.75 Å². The number of primary amides is 1. The van der Waals surface area contributed by atoms with Crippen molar-refractivity contribution in [3.05, 3.63) is 102 Å². The molecule has 44 heavy (non-hydrogen) atoms. The first-order chi connectivity index (χ1) is 21.2. The molecule has 1 saturated heterocycles. The quantitative estimate of drug-likeness (QED) is 0.190. The zero-order valence-electron chi connectivity index (χ0n) is 24.7. The van der Waals surface area contributed by atoms with Gasteiger partial charge in [-0.25, -0.2) is 0 Å². The lowest BCUT2D eigenvalue weighted by molar-refractivity contribution is -0.140. The van der Waals surface area contributed by atoms with Crippen LogP contribution in [0.25, 0.3) is 0 Å². The maximum absolute atomic E-state index is 13.6. The molecular weight excluding hydrogens is 558 g/mol. The fourth-order valence-corrected chi connectivity index (χ4v) is 5.53. The summed E-state index contributed by atoms with van der Waals surface area (Å²) < 4.78 is 0. The van der Waals surface area contributed by atoms with Crippen LogP contribution in [0.3, 0.4) is 0 Å². The van der Waals surface area contributed by atoms with Crippen LogP contribution in [0, 0.1) is 0 Å². The highest BCUT2D eigenvalue weighted by atomic mass is 16.3. The first-order valence-electron chi connectivity index (χ1n) is 15.0. The van der Waals surface area contributed by atoms with Crippen molar-refractivity contribution in [3.63, 3.8) is 0 Å². The van der Waals surface area contributed by atoms with E-state index in [9.17, 15) is 24.3 Å². The molecule has 4 atom stereocenters. The van der Waals surface area contributed by atoms with E-state index in [0.29, 0.717) is 32.2 Å². The van der Waals surface area contributed by atoms with E-state index < -0.39 is 41.9 Å². The summed E-state index contributed by atoms with van der Waals surface area (Å²) in [6.07, 6.45) is 3.22. The monoisotopic (exact) mass is 599 g/mol. The van der Waals surface area contributed by atoms with E-state index in [0.717, 1.165) is 23.1 Å². The molecule has 1 aliphatic rings. The smallest absolute Gasteiger partial charge is 0.243 e. The van der Waals surface area contributed by atoms with Crippen LogP contribution in [-0.2, 0) is 38.4 Å². The van der Waals surface area contributed by atoms with Crippen LogP contribution < -0.4 is 22.1 Å². The molecule has 0 spiro atoms. The Morgan fingerprint density at radius 1 is 0.818 bits per heavy atom. The molecule has 0 bridgehead atoms. The number of likely N-dealkylation sites (tertiary alicyclic amines) is 1. The summed E-state index contributed by atoms with van der Waals surface area (Å²) in [6.45, 7) is 0.376. The number of amides is 4. The minimum absolute atomic E-state index is 0.119. The molecule has 1 heterocycles. The van der Waals surface area contributed by atoms with Gasteiger partial charge in [0.1, 0.15) is 23.9 Å². The van der Waals surface area contributed by atoms with Gasteiger partial charge >= 0.3 is 0 Å². The first-order valence-corrected chi connectivity index (χ1v) is 15.0. The summed E-state index contributed by atoms with van der Waals surface area (Å²) in [4.78, 5) is 54.2. The van der Waals surface area contributed by atoms with Gasteiger partial charge in [0.2, 0.25) is 23.6 Å². The largest absolute Gasteiger partial charge is 0.508 e. The molecule has 3 aromatic carbocycles. The number of nitrogens with zero attached hydrogens (tertiary/aromatic N) is 1. The van der Waals surface area contributed by atoms with Gasteiger partial charge in [0.15, 0.2) is 0 Å². The van der Waals surface area contributed by atoms with Crippen LogP contribution in [0.4, 0.5) is 0 Å². The third kappa shape index (κ3) is 9.15. The highest BCUT2D eigenvalue weighted by Gasteiger charge is 2.38. The molecule has 0 radical (unpaired) electrons. The third-order valence-corrected chi connectivity index (χ3v) is 7.92. The van der Waals surface area contributed by atoms with E-state index in [-0.39, 0.29) is 24.5 Å². The van der Waals surface area contributed by atoms with Gasteiger partial charge in [0, 0.05) is 13.0 Å². The second kappa shape index (κ2) is 15.7. The maximum Gasteiger partial charge on any atom is 0.243 e. The fraction of sp³-hybridized carbons (Fsp3) is 0.353. The Bertz CT molecular complexity index is 1400. The third-order valence-electron chi connectivity index (χ3n) is 7.92. The Balaban J connectivity index is 1.42. The molecule has 0 aromatic heterocycles. The average molecular weight is 600 g/mol. The molecule has 10 heteroatoms. The number of hydrogen-bond acceptors (Lipinski definition) is 6. The minimum atomic E-state index is -0.996. The zero-order chi connectivity index (χ0) is 31.5. The summed E-state index contributed by atoms with van der Waals surface area (Å²) in [5, 5.41) is 15.1. The molecule has 1 aliphatic heterocycles. The number of nitrogens with one attached hydrogen (secondary N) is 2. The number of aryl methyl sites for hydroxylation is 1. The lowest BCUT2D eigenvalue weighted by Gasteiger charge is -2.29. The average Bonchev–Trinajstić information content (AvgIpc) is 3.52. The van der Waals surface area contributed by atoms with Crippen molar-refractivity contribution in [3.8, 4) is 5.75 Å². The maximum atomic E-state index is 13.6. The minimum Gasteiger partial charge on any atom is -0.508 e. The van der Waals surface area contributed by atoms with Gasteiger partial charge in [-0.05, 0) is 67.3 Å². The number of phenolic OH excluding ortho intramolecular Hbond substituents is 1. The van der Waals surface area contributed by atoms with Gasteiger partial charge in [-0.2, -0.15) is 0 Å². The van der Waals surface area contributed by atoms with Crippen molar-refractivity contribution in [2.45, 2.75) is 69.1 Å². The lowest BCUT2D eigenvalue weighted by Crippen LogP contribution is -2.57. The lowest BCUT2D eigenvalue weighted by atomic mass is 10.0. The predicted molar refractivity (Wildman–Crippen MR) is 167 cm³/mol. The van der Waals surface area contributed by atoms with Crippen LogP contribution in [0.1, 0.15) is 42.4 Å². The van der Waals surface area contributed by atoms with Crippen molar-refractivity contribution in [1.82, 2.24) is 15.5 Å². The normalized spacial score (nSPS) is 16.5. The van der Waals surface area contributed by atoms with Crippen molar-refractivity contribution in [1.29, 1.82) is 0 Å². The van der Waals surface area contributed by atoms with Crippen molar-refractivity contribution in [2.24, 2.45) is 11.5 Å². The van der Waals surface area contributed by atoms with E-state index in [1.165, 1.54) is 17.0 Å². The summed E-state index contributed by atoms with van der Waals surface area (Å²) in [5.74, 6) is -1.86. The molecule has 0 aliphatic carbocycles. The number of carbonyl (C=O) groups is 4. The van der Waals surface area contributed by atoms with E-state index in [1.54, 1.807) is 12.1 Å². The van der Waals surface area contributed by atoms with Crippen molar-refractivity contribution >= 4 is 23.6 Å². The van der Waals surface area contributed by atoms with Gasteiger partial charge in [0.05, 0.1) is 6.04 Å². The van der Waals surface area contributed by atoms with Crippen LogP contribution in [0.2, 0.25) is 0 Å². The number of aromatic hydroxyl groups is 1. The predicted octanol–water partition coefficient (Wildman–Crippen LogP) is 1.97. The zero-order valence-corrected chi connectivity index (χ0v) is 24.7. The molecule has 10 nitrogen and oxygen atoms in total. The van der Waals surface area contributed by atoms with Gasteiger partial charge in [-0.3, -0.25) is 19.2 Å². The number of nitrogens with two attached hydrogens (primary N) is 2. The van der Waals surface area contributed by atoms with E-state index in [2.05, 4.69) is 10.6 Å². The van der Waals surface area contributed by atoms with Crippen molar-refractivity contribution in [2.75, 3.05) is 6.54 Å². The molecule has 1 fully saturated rings. The number of rotatable bonds is 14. The van der Waals surface area contributed by atoms with E-state index in [4.69, 9.17) is 11.5 Å². The molecule has 0 saturated carbocycles. The Morgan fingerprint density at radius 3 is 2.07 bits per heavy atom. The molecule has 7 N–H and O–H groups in total. The van der Waals surface area contributed by atoms with Gasteiger partial charge in [0.25, 0.3) is 0 Å². The van der Waals surface area contributed by atoms with Crippen LogP contribution >= 0.6 is 0 Å². The molecule has 3 aromatic rings. The Morgan fingerprint density at radius 2 is 1.43 bits per heavy atom. The Labute approximate surface area is 257 Å². The molecule has 4 rings (SSSR count). The first kappa shape index (κ1) is 32.2. The topological polar surface area (TPSA) is 168 Å². The second-order valence-corrected chi connectivity index (χ2v) is 11.3. The van der Waals surface area contributed by atoms with Gasteiger partial charge in [-0.1, -0.05) is 72.8 Å². The highest BCUT2D eigenvalue weighted by molar-refractivity contribution is 5.95. The second-order valence-electron chi connectivity index (χ2n) is 11.3. The summed E-state index contributed by atoms with van der Waals surface area (Å²) in [5.41, 5.74) is 14.6. The number of hydrogen-bond donors (Lipinski definition) is 5. The van der Waals surface area contributed by atoms with Gasteiger partial charge in [-0.15, -0.1) is 0 Å². The Kier molecular flexibility index (Phi) is 11.5. The fourth-order valence-electron chi connectivity index (χ4n) is 5.53. The Hall–Kier alpha value is -4.70. The summed E-state index contributed by atoms with van der Waals surface area (Å²) in [7, 11) is 0. The number of benzene rings is 3. The van der Waals surface area contributed by atoms with E-state index in [1.807, 2.05) is 60.7 Å². The SMILES string of the molecule is NC(=O)C(CCCc1ccccc1)NC(=O)[C@H](Cc1ccccc1)NC(=O)[C@@H]1CCCN1C(=O)[C@@H](N)Cc1ccc(O)cc1. The van der Waals surface area contributed by atoms with Crippen LogP contribution in [-0.4, -0.2) is 64.3 Å². The van der Waals surface area contributed by atoms with Gasteiger partial charge < -0.3 is 32.1 Å².